The van der Waals surface area contributed by atoms with E-state index in [4.69, 9.17) is 13.9 Å². The van der Waals surface area contributed by atoms with Crippen LogP contribution in [0, 0.1) is 5.82 Å². The minimum absolute atomic E-state index is 0.0887. The molecule has 162 valence electrons. The molecule has 1 N–H and O–H groups in total. The topological polar surface area (TPSA) is 77.8 Å². The maximum absolute atomic E-state index is 12.9. The van der Waals surface area contributed by atoms with Gasteiger partial charge in [-0.1, -0.05) is 25.1 Å². The lowest BCUT2D eigenvalue weighted by Crippen LogP contribution is -2.20. The molecule has 0 aliphatic heterocycles. The van der Waals surface area contributed by atoms with Gasteiger partial charge in [0.15, 0.2) is 6.61 Å². The fraction of sp³-hybridized carbons (Fsp3) is 0.120. The average Bonchev–Trinajstić information content (AvgIpc) is 2.81. The van der Waals surface area contributed by atoms with Crippen molar-refractivity contribution < 1.29 is 23.1 Å². The fourth-order valence-corrected chi connectivity index (χ4v) is 3.14. The van der Waals surface area contributed by atoms with Crippen LogP contribution in [0.2, 0.25) is 0 Å². The molecule has 3 aromatic carbocycles. The third-order valence-electron chi connectivity index (χ3n) is 4.79. The summed E-state index contributed by atoms with van der Waals surface area (Å²) >= 11 is 0. The van der Waals surface area contributed by atoms with Crippen molar-refractivity contribution >= 4 is 22.6 Å². The molecular weight excluding hydrogens is 413 g/mol. The van der Waals surface area contributed by atoms with Gasteiger partial charge >= 0.3 is 0 Å². The molecule has 1 heterocycles. The number of aryl methyl sites for hydroxylation is 1. The maximum Gasteiger partial charge on any atom is 0.262 e. The number of carbonyl (C=O) groups is 1. The predicted octanol–water partition coefficient (Wildman–Crippen LogP) is 5.30. The highest BCUT2D eigenvalue weighted by molar-refractivity contribution is 5.91. The molecule has 0 radical (unpaired) electrons. The van der Waals surface area contributed by atoms with Crippen LogP contribution >= 0.6 is 0 Å². The second-order valence-corrected chi connectivity index (χ2v) is 6.99. The zero-order chi connectivity index (χ0) is 22.5. The van der Waals surface area contributed by atoms with E-state index in [1.807, 2.05) is 25.1 Å². The van der Waals surface area contributed by atoms with E-state index >= 15 is 0 Å². The van der Waals surface area contributed by atoms with Crippen LogP contribution in [0.1, 0.15) is 12.5 Å². The molecule has 7 heteroatoms. The first-order chi connectivity index (χ1) is 15.5. The van der Waals surface area contributed by atoms with E-state index in [0.717, 1.165) is 12.0 Å². The average molecular weight is 433 g/mol. The molecule has 4 rings (SSSR count). The summed E-state index contributed by atoms with van der Waals surface area (Å²) in [5.41, 5.74) is 1.44. The summed E-state index contributed by atoms with van der Waals surface area (Å²) in [7, 11) is 0. The van der Waals surface area contributed by atoms with Gasteiger partial charge in [-0.15, -0.1) is 0 Å². The van der Waals surface area contributed by atoms with E-state index in [-0.39, 0.29) is 23.6 Å². The quantitative estimate of drug-likeness (QED) is 0.428. The SMILES string of the molecule is CCc1ccccc1Oc1coc2cc(OCC(=O)Nc3ccc(F)cc3)ccc2c1=O. The summed E-state index contributed by atoms with van der Waals surface area (Å²) in [5.74, 6) is 0.260. The number of amides is 1. The van der Waals surface area contributed by atoms with Gasteiger partial charge in [0.05, 0.1) is 5.39 Å². The van der Waals surface area contributed by atoms with Gasteiger partial charge in [0, 0.05) is 11.8 Å². The van der Waals surface area contributed by atoms with Crippen LogP contribution in [0.25, 0.3) is 11.0 Å². The molecule has 0 atom stereocenters. The third kappa shape index (κ3) is 4.78. The number of carbonyl (C=O) groups excluding carboxylic acids is 1. The van der Waals surface area contributed by atoms with Crippen molar-refractivity contribution in [3.8, 4) is 17.2 Å². The highest BCUT2D eigenvalue weighted by Gasteiger charge is 2.12. The van der Waals surface area contributed by atoms with E-state index in [9.17, 15) is 14.0 Å². The van der Waals surface area contributed by atoms with Crippen LogP contribution in [0.15, 0.2) is 82.2 Å². The molecule has 32 heavy (non-hydrogen) atoms. The number of para-hydroxylation sites is 1. The summed E-state index contributed by atoms with van der Waals surface area (Å²) in [4.78, 5) is 24.9. The lowest BCUT2D eigenvalue weighted by molar-refractivity contribution is -0.118. The zero-order valence-electron chi connectivity index (χ0n) is 17.3. The van der Waals surface area contributed by atoms with Crippen LogP contribution in [0.3, 0.4) is 0 Å². The molecule has 0 aliphatic carbocycles. The number of nitrogens with one attached hydrogen (secondary N) is 1. The highest BCUT2D eigenvalue weighted by Crippen LogP contribution is 2.26. The van der Waals surface area contributed by atoms with Crippen LogP contribution < -0.4 is 20.2 Å². The van der Waals surface area contributed by atoms with Gasteiger partial charge in [0.25, 0.3) is 5.91 Å². The molecule has 4 aromatic rings. The summed E-state index contributed by atoms with van der Waals surface area (Å²) in [6.45, 7) is 1.74. The van der Waals surface area contributed by atoms with Gasteiger partial charge in [-0.2, -0.15) is 0 Å². The summed E-state index contributed by atoms with van der Waals surface area (Å²) < 4.78 is 29.8. The molecular formula is C25H20FNO5. The molecule has 0 spiro atoms. The number of anilines is 1. The molecule has 0 saturated carbocycles. The molecule has 6 nitrogen and oxygen atoms in total. The largest absolute Gasteiger partial charge is 0.484 e. The Morgan fingerprint density at radius 2 is 1.81 bits per heavy atom. The Bertz CT molecular complexity index is 1310. The van der Waals surface area contributed by atoms with Crippen LogP contribution in [-0.2, 0) is 11.2 Å². The van der Waals surface area contributed by atoms with Crippen molar-refractivity contribution in [1.29, 1.82) is 0 Å². The first-order valence-corrected chi connectivity index (χ1v) is 10.0. The number of rotatable bonds is 7. The highest BCUT2D eigenvalue weighted by atomic mass is 19.1. The van der Waals surface area contributed by atoms with Crippen molar-refractivity contribution in [3.63, 3.8) is 0 Å². The summed E-state index contributed by atoms with van der Waals surface area (Å²) in [6, 6.07) is 17.6. The Balaban J connectivity index is 1.46. The van der Waals surface area contributed by atoms with Gasteiger partial charge in [0.2, 0.25) is 11.2 Å². The van der Waals surface area contributed by atoms with E-state index in [1.54, 1.807) is 18.2 Å². The Labute approximate surface area is 183 Å². The standard InChI is InChI=1S/C25H20FNO5/c1-2-16-5-3-4-6-21(16)32-23-14-31-22-13-19(11-12-20(22)25(23)29)30-15-24(28)27-18-9-7-17(26)8-10-18/h3-14H,2,15H2,1H3,(H,27,28). The third-order valence-corrected chi connectivity index (χ3v) is 4.79. The van der Waals surface area contributed by atoms with Crippen molar-refractivity contribution in [1.82, 2.24) is 0 Å². The molecule has 1 aromatic heterocycles. The number of hydrogen-bond acceptors (Lipinski definition) is 5. The van der Waals surface area contributed by atoms with Crippen molar-refractivity contribution in [2.45, 2.75) is 13.3 Å². The van der Waals surface area contributed by atoms with Gasteiger partial charge in [0.1, 0.15) is 29.2 Å². The minimum Gasteiger partial charge on any atom is -0.484 e. The van der Waals surface area contributed by atoms with Crippen LogP contribution in [0.5, 0.6) is 17.2 Å². The monoisotopic (exact) mass is 433 g/mol. The predicted molar refractivity (Wildman–Crippen MR) is 119 cm³/mol. The van der Waals surface area contributed by atoms with Gasteiger partial charge in [-0.3, -0.25) is 9.59 Å². The van der Waals surface area contributed by atoms with Gasteiger partial charge in [-0.25, -0.2) is 4.39 Å². The second-order valence-electron chi connectivity index (χ2n) is 6.99. The first kappa shape index (κ1) is 21.1. The minimum atomic E-state index is -0.406. The number of fused-ring (bicyclic) bond motifs is 1. The Kier molecular flexibility index (Phi) is 6.17. The first-order valence-electron chi connectivity index (χ1n) is 10.0. The molecule has 0 aliphatic rings. The number of ether oxygens (including phenoxy) is 2. The van der Waals surface area contributed by atoms with Crippen LogP contribution in [0.4, 0.5) is 10.1 Å². The molecule has 0 fully saturated rings. The fourth-order valence-electron chi connectivity index (χ4n) is 3.14. The van der Waals surface area contributed by atoms with E-state index in [2.05, 4.69) is 5.32 Å². The van der Waals surface area contributed by atoms with E-state index in [1.165, 1.54) is 36.6 Å². The summed E-state index contributed by atoms with van der Waals surface area (Å²) in [5, 5.41) is 2.94. The van der Waals surface area contributed by atoms with Gasteiger partial charge < -0.3 is 19.2 Å². The van der Waals surface area contributed by atoms with Gasteiger partial charge in [-0.05, 0) is 54.4 Å². The number of hydrogen-bond donors (Lipinski definition) is 1. The van der Waals surface area contributed by atoms with Crippen molar-refractivity contribution in [3.05, 3.63) is 94.6 Å². The number of benzene rings is 3. The maximum atomic E-state index is 12.9. The van der Waals surface area contributed by atoms with E-state index < -0.39 is 5.91 Å². The lowest BCUT2D eigenvalue weighted by atomic mass is 10.1. The normalized spacial score (nSPS) is 10.7. The molecule has 1 amide bonds. The Hall–Kier alpha value is -4.13. The van der Waals surface area contributed by atoms with Crippen molar-refractivity contribution in [2.24, 2.45) is 0 Å². The Morgan fingerprint density at radius 1 is 1.03 bits per heavy atom. The zero-order valence-corrected chi connectivity index (χ0v) is 17.3. The molecule has 0 bridgehead atoms. The van der Waals surface area contributed by atoms with Crippen LogP contribution in [-0.4, -0.2) is 12.5 Å². The van der Waals surface area contributed by atoms with E-state index in [0.29, 0.717) is 28.2 Å². The smallest absolute Gasteiger partial charge is 0.262 e. The second kappa shape index (κ2) is 9.34. The summed E-state index contributed by atoms with van der Waals surface area (Å²) in [6.07, 6.45) is 2.03. The molecule has 0 saturated heterocycles. The van der Waals surface area contributed by atoms with Crippen molar-refractivity contribution in [2.75, 3.05) is 11.9 Å². The lowest BCUT2D eigenvalue weighted by Gasteiger charge is -2.10. The Morgan fingerprint density at radius 3 is 2.59 bits per heavy atom. The number of halogens is 1. The molecule has 0 unspecified atom stereocenters.